The number of fused-ring (bicyclic) bond motifs is 1. The molecular weight excluding hydrogens is 510 g/mol. The molecule has 0 spiro atoms. The van der Waals surface area contributed by atoms with Gasteiger partial charge in [-0.05, 0) is 68.5 Å². The van der Waals surface area contributed by atoms with Crippen LogP contribution in [0.3, 0.4) is 0 Å². The average molecular weight is 552 g/mol. The Morgan fingerprint density at radius 1 is 0.805 bits per heavy atom. The van der Waals surface area contributed by atoms with E-state index in [4.69, 9.17) is 0 Å². The van der Waals surface area contributed by atoms with Crippen LogP contribution < -0.4 is 9.80 Å². The van der Waals surface area contributed by atoms with Crippen molar-refractivity contribution in [3.8, 4) is 0 Å². The first-order valence-corrected chi connectivity index (χ1v) is 15.0. The van der Waals surface area contributed by atoms with Crippen LogP contribution in [0.2, 0.25) is 0 Å². The lowest BCUT2D eigenvalue weighted by molar-refractivity contribution is 0.0995. The molecule has 3 heterocycles. The fourth-order valence-corrected chi connectivity index (χ4v) is 6.97. The second-order valence-electron chi connectivity index (χ2n) is 11.8. The Hall–Kier alpha value is -3.84. The largest absolute Gasteiger partial charge is 0.371 e. The van der Waals surface area contributed by atoms with Gasteiger partial charge in [0.25, 0.3) is 0 Å². The van der Waals surface area contributed by atoms with Crippen molar-refractivity contribution in [2.24, 2.45) is 5.92 Å². The first-order valence-electron chi connectivity index (χ1n) is 15.0. The van der Waals surface area contributed by atoms with E-state index < -0.39 is 6.04 Å². The predicted octanol–water partition coefficient (Wildman–Crippen LogP) is 6.08. The van der Waals surface area contributed by atoms with Crippen LogP contribution in [-0.2, 0) is 0 Å². The summed E-state index contributed by atoms with van der Waals surface area (Å²) in [6.07, 6.45) is 4.56. The quantitative estimate of drug-likeness (QED) is 0.386. The van der Waals surface area contributed by atoms with Gasteiger partial charge in [-0.1, -0.05) is 66.7 Å². The molecular formula is C34H41N5O2. The van der Waals surface area contributed by atoms with E-state index in [1.165, 1.54) is 23.4 Å². The van der Waals surface area contributed by atoms with Crippen molar-refractivity contribution in [3.63, 3.8) is 0 Å². The smallest absolute Gasteiger partial charge is 0.333 e. The van der Waals surface area contributed by atoms with Crippen molar-refractivity contribution < 1.29 is 9.59 Å². The highest BCUT2D eigenvalue weighted by molar-refractivity contribution is 6.05. The third-order valence-corrected chi connectivity index (χ3v) is 9.28. The lowest BCUT2D eigenvalue weighted by atomic mass is 9.92. The number of hydrogen-bond donors (Lipinski definition) is 0. The summed E-state index contributed by atoms with van der Waals surface area (Å²) in [7, 11) is 3.60. The van der Waals surface area contributed by atoms with Crippen LogP contribution in [0.4, 0.5) is 21.0 Å². The molecule has 7 nitrogen and oxygen atoms in total. The van der Waals surface area contributed by atoms with E-state index in [9.17, 15) is 9.59 Å². The number of urea groups is 2. The molecule has 0 N–H and O–H groups in total. The standard InChI is InChI=1S/C34H41N5O2/c1-35(25-26-17-21-37(22-18-26)29-19-23-38(24-20-29)28-13-7-4-8-14-28)33(40)39-32(27-11-5-3-6-12-27)30-15-9-10-16-31(30)36(2)34(39)41/h3-16,26,29,32H,17-25H2,1-2H3. The molecule has 2 fully saturated rings. The van der Waals surface area contributed by atoms with Crippen LogP contribution in [0.1, 0.15) is 42.9 Å². The van der Waals surface area contributed by atoms with Crippen LogP contribution in [0.15, 0.2) is 84.9 Å². The predicted molar refractivity (Wildman–Crippen MR) is 164 cm³/mol. The van der Waals surface area contributed by atoms with Crippen molar-refractivity contribution in [1.82, 2.24) is 14.7 Å². The number of imide groups is 1. The molecule has 4 amide bonds. The summed E-state index contributed by atoms with van der Waals surface area (Å²) >= 11 is 0. The second kappa shape index (κ2) is 12.0. The fraction of sp³-hybridized carbons (Fsp3) is 0.412. The Balaban J connectivity index is 1.08. The monoisotopic (exact) mass is 551 g/mol. The minimum Gasteiger partial charge on any atom is -0.371 e. The molecule has 41 heavy (non-hydrogen) atoms. The summed E-state index contributed by atoms with van der Waals surface area (Å²) in [5, 5.41) is 0. The number of carbonyl (C=O) groups excluding carboxylic acids is 2. The maximum Gasteiger partial charge on any atom is 0.333 e. The minimum absolute atomic E-state index is 0.235. The maximum atomic E-state index is 14.0. The first-order chi connectivity index (χ1) is 20.0. The number of nitrogens with zero attached hydrogens (tertiary/aromatic N) is 5. The fourth-order valence-electron chi connectivity index (χ4n) is 6.97. The second-order valence-corrected chi connectivity index (χ2v) is 11.8. The van der Waals surface area contributed by atoms with E-state index in [0.717, 1.165) is 55.8 Å². The lowest BCUT2D eigenvalue weighted by Crippen LogP contribution is -2.55. The van der Waals surface area contributed by atoms with E-state index in [-0.39, 0.29) is 12.1 Å². The van der Waals surface area contributed by atoms with Crippen molar-refractivity contribution >= 4 is 23.4 Å². The van der Waals surface area contributed by atoms with E-state index >= 15 is 0 Å². The highest BCUT2D eigenvalue weighted by atomic mass is 16.2. The molecule has 214 valence electrons. The van der Waals surface area contributed by atoms with E-state index in [1.54, 1.807) is 16.8 Å². The molecule has 0 bridgehead atoms. The third kappa shape index (κ3) is 5.55. The van der Waals surface area contributed by atoms with Gasteiger partial charge in [0, 0.05) is 51.0 Å². The Morgan fingerprint density at radius 3 is 2.10 bits per heavy atom. The van der Waals surface area contributed by atoms with Crippen LogP contribution in [-0.4, -0.2) is 79.6 Å². The SMILES string of the molecule is CN(CC1CCN(C2CCN(c3ccccc3)CC2)CC1)C(=O)N1C(=O)N(C)c2ccccc2C1c1ccccc1. The third-order valence-electron chi connectivity index (χ3n) is 9.28. The van der Waals surface area contributed by atoms with Gasteiger partial charge in [-0.25, -0.2) is 14.5 Å². The van der Waals surface area contributed by atoms with Gasteiger partial charge in [-0.3, -0.25) is 4.90 Å². The average Bonchev–Trinajstić information content (AvgIpc) is 3.03. The van der Waals surface area contributed by atoms with Crippen molar-refractivity contribution in [3.05, 3.63) is 96.1 Å². The van der Waals surface area contributed by atoms with Gasteiger partial charge < -0.3 is 14.7 Å². The zero-order valence-corrected chi connectivity index (χ0v) is 24.2. The molecule has 0 aromatic heterocycles. The lowest BCUT2D eigenvalue weighted by Gasteiger charge is -2.44. The maximum absolute atomic E-state index is 14.0. The highest BCUT2D eigenvalue weighted by Gasteiger charge is 2.42. The molecule has 0 saturated carbocycles. The minimum atomic E-state index is -0.449. The normalized spacial score (nSPS) is 20.7. The van der Waals surface area contributed by atoms with Crippen LogP contribution in [0.5, 0.6) is 0 Å². The van der Waals surface area contributed by atoms with Gasteiger partial charge in [0.2, 0.25) is 0 Å². The molecule has 0 aliphatic carbocycles. The highest BCUT2D eigenvalue weighted by Crippen LogP contribution is 2.40. The summed E-state index contributed by atoms with van der Waals surface area (Å²) in [6, 6.07) is 28.2. The number of amides is 4. The molecule has 6 rings (SSSR count). The molecule has 3 aromatic carbocycles. The van der Waals surface area contributed by atoms with E-state index in [2.05, 4.69) is 40.1 Å². The number of benzene rings is 3. The van der Waals surface area contributed by atoms with Gasteiger partial charge in [0.05, 0.1) is 11.7 Å². The van der Waals surface area contributed by atoms with Gasteiger partial charge in [0.15, 0.2) is 0 Å². The molecule has 1 unspecified atom stereocenters. The van der Waals surface area contributed by atoms with E-state index in [0.29, 0.717) is 18.5 Å². The summed E-state index contributed by atoms with van der Waals surface area (Å²) < 4.78 is 0. The molecule has 3 aliphatic rings. The van der Waals surface area contributed by atoms with Crippen molar-refractivity contribution in [2.45, 2.75) is 37.8 Å². The molecule has 2 saturated heterocycles. The zero-order chi connectivity index (χ0) is 28.3. The number of anilines is 2. The topological polar surface area (TPSA) is 50.3 Å². The summed E-state index contributed by atoms with van der Waals surface area (Å²) in [6.45, 7) is 5.03. The number of para-hydroxylation sites is 2. The number of carbonyl (C=O) groups is 2. The number of hydrogen-bond acceptors (Lipinski definition) is 4. The van der Waals surface area contributed by atoms with Crippen molar-refractivity contribution in [2.75, 3.05) is 56.6 Å². The van der Waals surface area contributed by atoms with Crippen LogP contribution in [0, 0.1) is 5.92 Å². The first kappa shape index (κ1) is 27.3. The molecule has 1 atom stereocenters. The molecule has 0 radical (unpaired) electrons. The van der Waals surface area contributed by atoms with Crippen molar-refractivity contribution in [1.29, 1.82) is 0 Å². The van der Waals surface area contributed by atoms with E-state index in [1.807, 2.05) is 61.6 Å². The molecule has 3 aromatic rings. The Labute approximate surface area is 243 Å². The van der Waals surface area contributed by atoms with Crippen LogP contribution >= 0.6 is 0 Å². The number of piperidine rings is 2. The van der Waals surface area contributed by atoms with Gasteiger partial charge >= 0.3 is 12.1 Å². The summed E-state index contributed by atoms with van der Waals surface area (Å²) in [5.74, 6) is 0.435. The number of rotatable bonds is 5. The summed E-state index contributed by atoms with van der Waals surface area (Å²) in [4.78, 5) is 37.6. The van der Waals surface area contributed by atoms with Gasteiger partial charge in [-0.2, -0.15) is 0 Å². The number of likely N-dealkylation sites (tertiary alicyclic amines) is 1. The molecule has 3 aliphatic heterocycles. The van der Waals surface area contributed by atoms with Crippen LogP contribution in [0.25, 0.3) is 0 Å². The Bertz CT molecular complexity index is 1330. The zero-order valence-electron chi connectivity index (χ0n) is 24.2. The Morgan fingerprint density at radius 2 is 1.41 bits per heavy atom. The summed E-state index contributed by atoms with van der Waals surface area (Å²) in [5.41, 5.74) is 4.08. The molecule has 7 heteroatoms. The Kier molecular flexibility index (Phi) is 7.97. The van der Waals surface area contributed by atoms with Gasteiger partial charge in [0.1, 0.15) is 0 Å². The van der Waals surface area contributed by atoms with Gasteiger partial charge in [-0.15, -0.1) is 0 Å².